The quantitative estimate of drug-likeness (QED) is 0.852. The van der Waals surface area contributed by atoms with Gasteiger partial charge in [0, 0.05) is 31.4 Å². The predicted octanol–water partition coefficient (Wildman–Crippen LogP) is 1.68. The van der Waals surface area contributed by atoms with Crippen LogP contribution in [-0.4, -0.2) is 34.4 Å². The van der Waals surface area contributed by atoms with Crippen molar-refractivity contribution < 1.29 is 4.79 Å². The maximum Gasteiger partial charge on any atom is 0.223 e. The van der Waals surface area contributed by atoms with E-state index >= 15 is 0 Å². The molecule has 2 rings (SSSR count). The average molecular weight is 249 g/mol. The third-order valence-electron chi connectivity index (χ3n) is 4.01. The highest BCUT2D eigenvalue weighted by Crippen LogP contribution is 2.27. The summed E-state index contributed by atoms with van der Waals surface area (Å²) in [5, 5.41) is 0. The highest BCUT2D eigenvalue weighted by molar-refractivity contribution is 5.77. The summed E-state index contributed by atoms with van der Waals surface area (Å²) in [4.78, 5) is 17.5. The van der Waals surface area contributed by atoms with Crippen LogP contribution in [0, 0.1) is 0 Å². The molecule has 0 bridgehead atoms. The van der Waals surface area contributed by atoms with Gasteiger partial charge in [-0.05, 0) is 44.7 Å². The number of hydrogen-bond acceptors (Lipinski definition) is 2. The van der Waals surface area contributed by atoms with E-state index in [-0.39, 0.29) is 11.4 Å². The summed E-state index contributed by atoms with van der Waals surface area (Å²) in [5.41, 5.74) is 6.84. The van der Waals surface area contributed by atoms with Gasteiger partial charge in [0.15, 0.2) is 0 Å². The second kappa shape index (κ2) is 5.57. The Morgan fingerprint density at radius 3 is 3.06 bits per heavy atom. The molecule has 1 aliphatic rings. The molecule has 4 nitrogen and oxygen atoms in total. The molecule has 2 heterocycles. The summed E-state index contributed by atoms with van der Waals surface area (Å²) in [6.45, 7) is 3.53. The molecule has 4 heteroatoms. The monoisotopic (exact) mass is 249 g/mol. The molecule has 1 unspecified atom stereocenters. The number of hydrogen-bond donors (Lipinski definition) is 2. The van der Waals surface area contributed by atoms with Crippen LogP contribution in [0.15, 0.2) is 18.3 Å². The molecular formula is C14H23N3O. The molecule has 1 aliphatic heterocycles. The van der Waals surface area contributed by atoms with E-state index in [1.54, 1.807) is 0 Å². The summed E-state index contributed by atoms with van der Waals surface area (Å²) in [5.74, 6) is 0.234. The number of nitrogens with zero attached hydrogens (tertiary/aromatic N) is 1. The molecule has 0 spiro atoms. The van der Waals surface area contributed by atoms with Crippen molar-refractivity contribution >= 4 is 5.91 Å². The lowest BCUT2D eigenvalue weighted by molar-refractivity contribution is -0.138. The maximum absolute atomic E-state index is 12.3. The van der Waals surface area contributed by atoms with Crippen molar-refractivity contribution in [3.05, 3.63) is 24.0 Å². The van der Waals surface area contributed by atoms with Gasteiger partial charge in [-0.2, -0.15) is 0 Å². The van der Waals surface area contributed by atoms with Gasteiger partial charge in [0.25, 0.3) is 0 Å². The van der Waals surface area contributed by atoms with E-state index < -0.39 is 0 Å². The van der Waals surface area contributed by atoms with Gasteiger partial charge in [0.2, 0.25) is 5.91 Å². The van der Waals surface area contributed by atoms with E-state index in [0.29, 0.717) is 13.0 Å². The lowest BCUT2D eigenvalue weighted by Gasteiger charge is -2.44. The number of amides is 1. The van der Waals surface area contributed by atoms with Gasteiger partial charge in [-0.1, -0.05) is 0 Å². The average Bonchev–Trinajstić information content (AvgIpc) is 2.89. The molecule has 0 aliphatic carbocycles. The minimum Gasteiger partial charge on any atom is -0.365 e. The summed E-state index contributed by atoms with van der Waals surface area (Å²) < 4.78 is 0. The van der Waals surface area contributed by atoms with Crippen LogP contribution in [0.5, 0.6) is 0 Å². The van der Waals surface area contributed by atoms with E-state index in [9.17, 15) is 4.79 Å². The van der Waals surface area contributed by atoms with Gasteiger partial charge < -0.3 is 15.6 Å². The topological polar surface area (TPSA) is 62.1 Å². The standard InChI is InChI=1S/C14H23N3O/c1-14(11-15)8-2-3-10-17(14)13(18)7-6-12-5-4-9-16-12/h4-5,9,16H,2-3,6-8,10-11,15H2,1H3. The van der Waals surface area contributed by atoms with Crippen LogP contribution in [-0.2, 0) is 11.2 Å². The number of nitrogens with one attached hydrogen (secondary N) is 1. The van der Waals surface area contributed by atoms with Gasteiger partial charge in [-0.25, -0.2) is 0 Å². The Balaban J connectivity index is 1.94. The minimum atomic E-state index is -0.134. The molecule has 0 radical (unpaired) electrons. The Hall–Kier alpha value is -1.29. The van der Waals surface area contributed by atoms with Crippen LogP contribution in [0.4, 0.5) is 0 Å². The zero-order chi connectivity index (χ0) is 13.0. The fraction of sp³-hybridized carbons (Fsp3) is 0.643. The zero-order valence-electron chi connectivity index (χ0n) is 11.1. The van der Waals surface area contributed by atoms with Gasteiger partial charge in [0.05, 0.1) is 5.54 Å². The van der Waals surface area contributed by atoms with Crippen molar-refractivity contribution in [3.8, 4) is 0 Å². The molecule has 1 fully saturated rings. The first-order valence-corrected chi connectivity index (χ1v) is 6.78. The van der Waals surface area contributed by atoms with Gasteiger partial charge in [-0.15, -0.1) is 0 Å². The van der Waals surface area contributed by atoms with Crippen molar-refractivity contribution in [2.24, 2.45) is 5.73 Å². The highest BCUT2D eigenvalue weighted by atomic mass is 16.2. The molecule has 0 aromatic carbocycles. The Morgan fingerprint density at radius 2 is 2.39 bits per heavy atom. The second-order valence-corrected chi connectivity index (χ2v) is 5.40. The summed E-state index contributed by atoms with van der Waals surface area (Å²) in [6.07, 6.45) is 6.54. The van der Waals surface area contributed by atoms with Crippen LogP contribution < -0.4 is 5.73 Å². The smallest absolute Gasteiger partial charge is 0.223 e. The minimum absolute atomic E-state index is 0.134. The molecule has 1 aromatic rings. The van der Waals surface area contributed by atoms with Crippen molar-refractivity contribution in [1.29, 1.82) is 0 Å². The van der Waals surface area contributed by atoms with Crippen molar-refractivity contribution in [2.45, 2.75) is 44.6 Å². The molecule has 0 saturated carbocycles. The molecular weight excluding hydrogens is 226 g/mol. The Morgan fingerprint density at radius 1 is 1.56 bits per heavy atom. The molecule has 18 heavy (non-hydrogen) atoms. The third-order valence-corrected chi connectivity index (χ3v) is 4.01. The van der Waals surface area contributed by atoms with Crippen LogP contribution in [0.2, 0.25) is 0 Å². The molecule has 1 atom stereocenters. The molecule has 1 aromatic heterocycles. The number of nitrogens with two attached hydrogens (primary N) is 1. The number of H-pyrrole nitrogens is 1. The summed E-state index contributed by atoms with van der Waals surface area (Å²) in [6, 6.07) is 3.98. The van der Waals surface area contributed by atoms with E-state index in [1.807, 2.05) is 23.2 Å². The second-order valence-electron chi connectivity index (χ2n) is 5.40. The summed E-state index contributed by atoms with van der Waals surface area (Å²) in [7, 11) is 0. The lowest BCUT2D eigenvalue weighted by Crippen LogP contribution is -2.56. The number of likely N-dealkylation sites (tertiary alicyclic amines) is 1. The number of rotatable bonds is 4. The maximum atomic E-state index is 12.3. The molecule has 1 amide bonds. The highest BCUT2D eigenvalue weighted by Gasteiger charge is 2.35. The molecule has 3 N–H and O–H groups in total. The number of piperidine rings is 1. The number of aromatic nitrogens is 1. The van der Waals surface area contributed by atoms with E-state index in [0.717, 1.165) is 31.5 Å². The van der Waals surface area contributed by atoms with Crippen molar-refractivity contribution in [1.82, 2.24) is 9.88 Å². The predicted molar refractivity (Wildman–Crippen MR) is 72.1 cm³/mol. The van der Waals surface area contributed by atoms with Gasteiger partial charge in [0.1, 0.15) is 0 Å². The number of aromatic amines is 1. The molecule has 100 valence electrons. The van der Waals surface area contributed by atoms with Crippen molar-refractivity contribution in [2.75, 3.05) is 13.1 Å². The van der Waals surface area contributed by atoms with E-state index in [2.05, 4.69) is 11.9 Å². The van der Waals surface area contributed by atoms with Crippen LogP contribution in [0.3, 0.4) is 0 Å². The third kappa shape index (κ3) is 2.75. The van der Waals surface area contributed by atoms with Crippen LogP contribution in [0.1, 0.15) is 38.3 Å². The largest absolute Gasteiger partial charge is 0.365 e. The number of carbonyl (C=O) groups is 1. The SMILES string of the molecule is CC1(CN)CCCCN1C(=O)CCc1ccc[nH]1. The number of carbonyl (C=O) groups excluding carboxylic acids is 1. The fourth-order valence-electron chi connectivity index (χ4n) is 2.72. The molecule has 1 saturated heterocycles. The van der Waals surface area contributed by atoms with E-state index in [4.69, 9.17) is 5.73 Å². The Kier molecular flexibility index (Phi) is 4.07. The number of aryl methyl sites for hydroxylation is 1. The van der Waals surface area contributed by atoms with Crippen LogP contribution >= 0.6 is 0 Å². The van der Waals surface area contributed by atoms with Crippen LogP contribution in [0.25, 0.3) is 0 Å². The lowest BCUT2D eigenvalue weighted by atomic mass is 9.88. The van der Waals surface area contributed by atoms with Gasteiger partial charge in [-0.3, -0.25) is 4.79 Å². The Bertz CT molecular complexity index is 388. The first-order valence-electron chi connectivity index (χ1n) is 6.78. The summed E-state index contributed by atoms with van der Waals surface area (Å²) >= 11 is 0. The van der Waals surface area contributed by atoms with Crippen molar-refractivity contribution in [3.63, 3.8) is 0 Å². The fourth-order valence-corrected chi connectivity index (χ4v) is 2.72. The Labute approximate surface area is 109 Å². The zero-order valence-corrected chi connectivity index (χ0v) is 11.1. The normalized spacial score (nSPS) is 24.2. The first-order chi connectivity index (χ1) is 8.65. The van der Waals surface area contributed by atoms with Gasteiger partial charge >= 0.3 is 0 Å². The first kappa shape index (κ1) is 13.1. The van der Waals surface area contributed by atoms with E-state index in [1.165, 1.54) is 6.42 Å².